The fourth-order valence-electron chi connectivity index (χ4n) is 4.70. The van der Waals surface area contributed by atoms with Crippen molar-refractivity contribution in [3.8, 4) is 0 Å². The zero-order valence-electron chi connectivity index (χ0n) is 16.3. The molecule has 1 aliphatic heterocycles. The predicted octanol–water partition coefficient (Wildman–Crippen LogP) is 3.41. The zero-order chi connectivity index (χ0) is 19.0. The molecule has 0 aromatic heterocycles. The van der Waals surface area contributed by atoms with Crippen LogP contribution in [0.5, 0.6) is 0 Å². The Bertz CT molecular complexity index is 703. The summed E-state index contributed by atoms with van der Waals surface area (Å²) in [5, 5.41) is 3.10. The molecular weight excluding hydrogens is 340 g/mol. The second-order valence-corrected chi connectivity index (χ2v) is 8.60. The van der Waals surface area contributed by atoms with E-state index in [4.69, 9.17) is 4.74 Å². The Kier molecular flexibility index (Phi) is 4.97. The van der Waals surface area contributed by atoms with E-state index in [9.17, 15) is 9.59 Å². The van der Waals surface area contributed by atoms with Gasteiger partial charge in [-0.15, -0.1) is 0 Å². The second-order valence-electron chi connectivity index (χ2n) is 8.60. The lowest BCUT2D eigenvalue weighted by molar-refractivity contribution is -0.164. The Labute approximate surface area is 161 Å². The standard InChI is InChI=1S/C22H30N2O3/c1-15-7-6-12-22(13-15)24(21(26)18-10-11-18)19(14-27-22)20(25)23-16(2)17-8-4-3-5-9-17/h3-5,8-9,15-16,18-19H,6-7,10-14H2,1-2H3,(H,23,25)/t15-,16-,19-,22+/m0/s1. The Balaban J connectivity index is 1.53. The minimum Gasteiger partial charge on any atom is -0.353 e. The van der Waals surface area contributed by atoms with E-state index in [0.717, 1.165) is 37.7 Å². The summed E-state index contributed by atoms with van der Waals surface area (Å²) in [6, 6.07) is 9.30. The SMILES string of the molecule is C[C@H]1CCC[C@]2(C1)OC[C@@H](C(=O)N[C@@H](C)c1ccccc1)N2C(=O)C1CC1. The maximum absolute atomic E-state index is 13.1. The third kappa shape index (κ3) is 3.62. The van der Waals surface area contributed by atoms with Crippen molar-refractivity contribution in [3.63, 3.8) is 0 Å². The number of nitrogens with zero attached hydrogens (tertiary/aromatic N) is 1. The number of ether oxygens (including phenoxy) is 1. The Hall–Kier alpha value is -1.88. The van der Waals surface area contributed by atoms with E-state index in [0.29, 0.717) is 12.5 Å². The first-order valence-corrected chi connectivity index (χ1v) is 10.3. The van der Waals surface area contributed by atoms with Gasteiger partial charge in [-0.2, -0.15) is 0 Å². The highest BCUT2D eigenvalue weighted by Gasteiger charge is 2.56. The van der Waals surface area contributed by atoms with E-state index in [1.165, 1.54) is 6.42 Å². The lowest BCUT2D eigenvalue weighted by Gasteiger charge is -2.43. The smallest absolute Gasteiger partial charge is 0.245 e. The molecule has 4 atom stereocenters. The molecule has 0 radical (unpaired) electrons. The van der Waals surface area contributed by atoms with Gasteiger partial charge in [-0.25, -0.2) is 0 Å². The van der Waals surface area contributed by atoms with Gasteiger partial charge >= 0.3 is 0 Å². The summed E-state index contributed by atoms with van der Waals surface area (Å²) >= 11 is 0. The van der Waals surface area contributed by atoms with Crippen molar-refractivity contribution in [2.45, 2.75) is 70.2 Å². The molecule has 1 N–H and O–H groups in total. The summed E-state index contributed by atoms with van der Waals surface area (Å²) < 4.78 is 6.23. The molecule has 0 bridgehead atoms. The number of nitrogens with one attached hydrogen (secondary N) is 1. The summed E-state index contributed by atoms with van der Waals surface area (Å²) in [6.07, 6.45) is 5.77. The maximum Gasteiger partial charge on any atom is 0.245 e. The van der Waals surface area contributed by atoms with Crippen LogP contribution in [0.25, 0.3) is 0 Å². The normalized spacial score (nSPS) is 31.7. The van der Waals surface area contributed by atoms with Crippen LogP contribution in [0.15, 0.2) is 30.3 Å². The first kappa shape index (κ1) is 18.5. The van der Waals surface area contributed by atoms with Crippen LogP contribution in [0.4, 0.5) is 0 Å². The highest BCUT2D eigenvalue weighted by molar-refractivity contribution is 5.90. The first-order chi connectivity index (χ1) is 13.0. The third-order valence-corrected chi connectivity index (χ3v) is 6.32. The summed E-state index contributed by atoms with van der Waals surface area (Å²) in [4.78, 5) is 28.1. The van der Waals surface area contributed by atoms with Gasteiger partial charge in [0.05, 0.1) is 12.6 Å². The minimum absolute atomic E-state index is 0.0858. The highest BCUT2D eigenvalue weighted by Crippen LogP contribution is 2.45. The molecule has 3 fully saturated rings. The lowest BCUT2D eigenvalue weighted by Crippen LogP contribution is -2.57. The number of rotatable bonds is 4. The van der Waals surface area contributed by atoms with Gasteiger partial charge in [0.25, 0.3) is 0 Å². The zero-order valence-corrected chi connectivity index (χ0v) is 16.3. The maximum atomic E-state index is 13.1. The van der Waals surface area contributed by atoms with Crippen molar-refractivity contribution < 1.29 is 14.3 Å². The molecule has 1 aromatic rings. The van der Waals surface area contributed by atoms with Crippen molar-refractivity contribution in [2.24, 2.45) is 11.8 Å². The van der Waals surface area contributed by atoms with Gasteiger partial charge in [-0.05, 0) is 50.5 Å². The molecule has 5 heteroatoms. The van der Waals surface area contributed by atoms with Gasteiger partial charge in [0.2, 0.25) is 11.8 Å². The molecule has 5 nitrogen and oxygen atoms in total. The molecule has 146 valence electrons. The van der Waals surface area contributed by atoms with Crippen molar-refractivity contribution in [1.82, 2.24) is 10.2 Å². The van der Waals surface area contributed by atoms with Gasteiger partial charge < -0.3 is 10.1 Å². The van der Waals surface area contributed by atoms with Crippen molar-refractivity contribution >= 4 is 11.8 Å². The fourth-order valence-corrected chi connectivity index (χ4v) is 4.70. The number of carbonyl (C=O) groups is 2. The third-order valence-electron chi connectivity index (χ3n) is 6.32. The van der Waals surface area contributed by atoms with Crippen LogP contribution in [-0.4, -0.2) is 35.1 Å². The van der Waals surface area contributed by atoms with Gasteiger partial charge in [0.15, 0.2) is 0 Å². The van der Waals surface area contributed by atoms with Gasteiger partial charge in [-0.1, -0.05) is 43.7 Å². The van der Waals surface area contributed by atoms with Crippen LogP contribution >= 0.6 is 0 Å². The molecule has 2 amide bonds. The average molecular weight is 370 g/mol. The minimum atomic E-state index is -0.574. The molecule has 1 heterocycles. The fraction of sp³-hybridized carbons (Fsp3) is 0.636. The van der Waals surface area contributed by atoms with Crippen LogP contribution < -0.4 is 5.32 Å². The topological polar surface area (TPSA) is 58.6 Å². The van der Waals surface area contributed by atoms with Crippen LogP contribution in [0.2, 0.25) is 0 Å². The van der Waals surface area contributed by atoms with Crippen molar-refractivity contribution in [1.29, 1.82) is 0 Å². The van der Waals surface area contributed by atoms with E-state index in [2.05, 4.69) is 12.2 Å². The molecule has 1 spiro atoms. The summed E-state index contributed by atoms with van der Waals surface area (Å²) in [5.74, 6) is 0.616. The number of hydrogen-bond donors (Lipinski definition) is 1. The first-order valence-electron chi connectivity index (χ1n) is 10.3. The molecule has 2 saturated carbocycles. The van der Waals surface area contributed by atoms with E-state index in [1.807, 2.05) is 42.2 Å². The monoisotopic (exact) mass is 370 g/mol. The van der Waals surface area contributed by atoms with Crippen molar-refractivity contribution in [2.75, 3.05) is 6.61 Å². The number of hydrogen-bond acceptors (Lipinski definition) is 3. The van der Waals surface area contributed by atoms with Crippen LogP contribution in [0.3, 0.4) is 0 Å². The van der Waals surface area contributed by atoms with E-state index < -0.39 is 11.8 Å². The molecular formula is C22H30N2O3. The molecule has 0 unspecified atom stereocenters. The van der Waals surface area contributed by atoms with Crippen LogP contribution in [0, 0.1) is 11.8 Å². The van der Waals surface area contributed by atoms with E-state index in [1.54, 1.807) is 0 Å². The molecule has 4 rings (SSSR count). The molecule has 1 aromatic carbocycles. The lowest BCUT2D eigenvalue weighted by atomic mass is 9.83. The van der Waals surface area contributed by atoms with Gasteiger partial charge in [0, 0.05) is 5.92 Å². The molecule has 27 heavy (non-hydrogen) atoms. The Morgan fingerprint density at radius 2 is 1.96 bits per heavy atom. The number of carbonyl (C=O) groups excluding carboxylic acids is 2. The van der Waals surface area contributed by atoms with E-state index >= 15 is 0 Å². The van der Waals surface area contributed by atoms with Gasteiger partial charge in [-0.3, -0.25) is 14.5 Å². The van der Waals surface area contributed by atoms with Gasteiger partial charge in [0.1, 0.15) is 11.8 Å². The van der Waals surface area contributed by atoms with Crippen LogP contribution in [0.1, 0.15) is 64.0 Å². The molecule has 2 aliphatic carbocycles. The Morgan fingerprint density at radius 3 is 2.63 bits per heavy atom. The number of amides is 2. The molecule has 3 aliphatic rings. The summed E-state index contributed by atoms with van der Waals surface area (Å²) in [7, 11) is 0. The Morgan fingerprint density at radius 1 is 1.22 bits per heavy atom. The van der Waals surface area contributed by atoms with Crippen molar-refractivity contribution in [3.05, 3.63) is 35.9 Å². The van der Waals surface area contributed by atoms with E-state index in [-0.39, 0.29) is 23.8 Å². The number of benzene rings is 1. The predicted molar refractivity (Wildman–Crippen MR) is 103 cm³/mol. The highest BCUT2D eigenvalue weighted by atomic mass is 16.5. The largest absolute Gasteiger partial charge is 0.353 e. The summed E-state index contributed by atoms with van der Waals surface area (Å²) in [5.41, 5.74) is 0.487. The van der Waals surface area contributed by atoms with Crippen LogP contribution in [-0.2, 0) is 14.3 Å². The summed E-state index contributed by atoms with van der Waals surface area (Å²) in [6.45, 7) is 4.50. The average Bonchev–Trinajstić information content (AvgIpc) is 3.45. The molecule has 1 saturated heterocycles. The quantitative estimate of drug-likeness (QED) is 0.884. The second kappa shape index (κ2) is 7.27.